The molecule has 0 heterocycles. The van der Waals surface area contributed by atoms with Gasteiger partial charge in [0.15, 0.2) is 5.54 Å². The van der Waals surface area contributed by atoms with Crippen LogP contribution in [-0.2, 0) is 4.79 Å². The number of alkyl halides is 3. The van der Waals surface area contributed by atoms with Gasteiger partial charge in [0.05, 0.1) is 0 Å². The molecule has 0 radical (unpaired) electrons. The van der Waals surface area contributed by atoms with Crippen LogP contribution in [0, 0.1) is 0 Å². The zero-order chi connectivity index (χ0) is 13.1. The van der Waals surface area contributed by atoms with Gasteiger partial charge in [0, 0.05) is 6.04 Å². The summed E-state index contributed by atoms with van der Waals surface area (Å²) in [6, 6.07) is -0.281. The highest BCUT2D eigenvalue weighted by atomic mass is 19.4. The average molecular weight is 252 g/mol. The minimum Gasteiger partial charge on any atom is -0.368 e. The van der Waals surface area contributed by atoms with E-state index in [0.29, 0.717) is 12.8 Å². The van der Waals surface area contributed by atoms with E-state index in [1.54, 1.807) is 0 Å². The van der Waals surface area contributed by atoms with Crippen molar-refractivity contribution in [1.82, 2.24) is 5.32 Å². The summed E-state index contributed by atoms with van der Waals surface area (Å²) in [5, 5.41) is 2.41. The minimum absolute atomic E-state index is 0.281. The standard InChI is InChI=1S/C11H19F3N2O/c1-10(9(15)17,11(12,13)14)16-8-6-4-2-3-5-7-8/h8,16H,2-7H2,1H3,(H2,15,17). The monoisotopic (exact) mass is 252 g/mol. The Morgan fingerprint density at radius 2 is 1.65 bits per heavy atom. The molecule has 3 N–H and O–H groups in total. The number of primary amides is 1. The molecule has 0 spiro atoms. The predicted octanol–water partition coefficient (Wildman–Crippen LogP) is 2.11. The van der Waals surface area contributed by atoms with Crippen LogP contribution in [0.5, 0.6) is 0 Å². The van der Waals surface area contributed by atoms with Gasteiger partial charge in [-0.25, -0.2) is 0 Å². The first-order valence-corrected chi connectivity index (χ1v) is 5.91. The molecule has 1 fully saturated rings. The second-order valence-corrected chi connectivity index (χ2v) is 4.82. The fourth-order valence-electron chi connectivity index (χ4n) is 2.12. The first-order valence-electron chi connectivity index (χ1n) is 5.91. The van der Waals surface area contributed by atoms with Crippen LogP contribution in [-0.4, -0.2) is 23.7 Å². The fraction of sp³-hybridized carbons (Fsp3) is 0.909. The molecule has 0 bridgehead atoms. The molecule has 0 aromatic carbocycles. The van der Waals surface area contributed by atoms with E-state index in [1.165, 1.54) is 0 Å². The highest BCUT2D eigenvalue weighted by Crippen LogP contribution is 2.31. The Hall–Kier alpha value is -0.780. The molecule has 100 valence electrons. The lowest BCUT2D eigenvalue weighted by Crippen LogP contribution is -2.65. The van der Waals surface area contributed by atoms with Crippen molar-refractivity contribution >= 4 is 5.91 Å². The van der Waals surface area contributed by atoms with Gasteiger partial charge >= 0.3 is 6.18 Å². The zero-order valence-corrected chi connectivity index (χ0v) is 9.94. The molecule has 0 aromatic heterocycles. The van der Waals surface area contributed by atoms with Gasteiger partial charge in [-0.3, -0.25) is 10.1 Å². The van der Waals surface area contributed by atoms with Crippen LogP contribution in [0.2, 0.25) is 0 Å². The van der Waals surface area contributed by atoms with E-state index in [4.69, 9.17) is 5.73 Å². The number of carbonyl (C=O) groups excluding carboxylic acids is 1. The molecule has 0 aliphatic heterocycles. The van der Waals surface area contributed by atoms with Crippen LogP contribution in [0.15, 0.2) is 0 Å². The number of hydrogen-bond acceptors (Lipinski definition) is 2. The number of amides is 1. The Morgan fingerprint density at radius 1 is 1.18 bits per heavy atom. The van der Waals surface area contributed by atoms with E-state index in [2.05, 4.69) is 5.32 Å². The van der Waals surface area contributed by atoms with Crippen molar-refractivity contribution in [2.75, 3.05) is 0 Å². The van der Waals surface area contributed by atoms with Crippen molar-refractivity contribution in [3.8, 4) is 0 Å². The fourth-order valence-corrected chi connectivity index (χ4v) is 2.12. The Labute approximate surface area is 98.9 Å². The molecular formula is C11H19F3N2O. The third-order valence-corrected chi connectivity index (χ3v) is 3.41. The predicted molar refractivity (Wildman–Crippen MR) is 58.3 cm³/mol. The van der Waals surface area contributed by atoms with Crippen LogP contribution < -0.4 is 11.1 Å². The average Bonchev–Trinajstić information content (AvgIpc) is 2.44. The molecule has 0 saturated heterocycles. The number of nitrogens with one attached hydrogen (secondary N) is 1. The van der Waals surface area contributed by atoms with E-state index < -0.39 is 17.6 Å². The summed E-state index contributed by atoms with van der Waals surface area (Å²) in [5.74, 6) is -1.37. The summed E-state index contributed by atoms with van der Waals surface area (Å²) in [4.78, 5) is 11.1. The largest absolute Gasteiger partial charge is 0.415 e. The van der Waals surface area contributed by atoms with Crippen LogP contribution in [0.1, 0.15) is 45.4 Å². The van der Waals surface area contributed by atoms with Gasteiger partial charge in [0.25, 0.3) is 0 Å². The van der Waals surface area contributed by atoms with E-state index in [0.717, 1.165) is 32.6 Å². The highest BCUT2D eigenvalue weighted by Gasteiger charge is 2.56. The van der Waals surface area contributed by atoms with Gasteiger partial charge in [-0.2, -0.15) is 13.2 Å². The Bertz CT molecular complexity index is 272. The van der Waals surface area contributed by atoms with Crippen molar-refractivity contribution in [3.63, 3.8) is 0 Å². The molecule has 1 atom stereocenters. The molecule has 1 amide bonds. The number of carbonyl (C=O) groups is 1. The maximum absolute atomic E-state index is 12.8. The molecule has 1 unspecified atom stereocenters. The van der Waals surface area contributed by atoms with Crippen molar-refractivity contribution in [1.29, 1.82) is 0 Å². The maximum Gasteiger partial charge on any atom is 0.415 e. The normalized spacial score (nSPS) is 22.8. The molecule has 17 heavy (non-hydrogen) atoms. The van der Waals surface area contributed by atoms with Gasteiger partial charge in [0.2, 0.25) is 5.91 Å². The first kappa shape index (κ1) is 14.3. The lowest BCUT2D eigenvalue weighted by atomic mass is 9.97. The lowest BCUT2D eigenvalue weighted by Gasteiger charge is -2.33. The van der Waals surface area contributed by atoms with Crippen molar-refractivity contribution in [2.45, 2.75) is 63.2 Å². The van der Waals surface area contributed by atoms with Crippen LogP contribution >= 0.6 is 0 Å². The van der Waals surface area contributed by atoms with Gasteiger partial charge in [-0.1, -0.05) is 25.7 Å². The van der Waals surface area contributed by atoms with Crippen molar-refractivity contribution in [2.24, 2.45) is 5.73 Å². The van der Waals surface area contributed by atoms with Crippen LogP contribution in [0.3, 0.4) is 0 Å². The summed E-state index contributed by atoms with van der Waals surface area (Å²) in [5.41, 5.74) is 2.27. The Kier molecular flexibility index (Phi) is 4.41. The molecule has 6 heteroatoms. The summed E-state index contributed by atoms with van der Waals surface area (Å²) < 4.78 is 38.5. The zero-order valence-electron chi connectivity index (χ0n) is 9.94. The number of halogens is 3. The smallest absolute Gasteiger partial charge is 0.368 e. The third kappa shape index (κ3) is 3.34. The maximum atomic E-state index is 12.8. The highest BCUT2D eigenvalue weighted by molar-refractivity contribution is 5.85. The molecule has 3 nitrogen and oxygen atoms in total. The third-order valence-electron chi connectivity index (χ3n) is 3.41. The van der Waals surface area contributed by atoms with Gasteiger partial charge in [-0.05, 0) is 19.8 Å². The summed E-state index contributed by atoms with van der Waals surface area (Å²) in [6.45, 7) is 0.820. The molecule has 0 aromatic rings. The van der Waals surface area contributed by atoms with Crippen molar-refractivity contribution < 1.29 is 18.0 Å². The molecule has 1 saturated carbocycles. The molecule has 1 rings (SSSR count). The van der Waals surface area contributed by atoms with E-state index in [9.17, 15) is 18.0 Å². The molecular weight excluding hydrogens is 233 g/mol. The van der Waals surface area contributed by atoms with Crippen LogP contribution in [0.4, 0.5) is 13.2 Å². The summed E-state index contributed by atoms with van der Waals surface area (Å²) in [7, 11) is 0. The first-order chi connectivity index (χ1) is 7.77. The SMILES string of the molecule is CC(NC1CCCCCC1)(C(N)=O)C(F)(F)F. The van der Waals surface area contributed by atoms with Gasteiger partial charge < -0.3 is 5.73 Å². The van der Waals surface area contributed by atoms with E-state index >= 15 is 0 Å². The minimum atomic E-state index is -4.66. The number of hydrogen-bond donors (Lipinski definition) is 2. The molecule has 1 aliphatic carbocycles. The lowest BCUT2D eigenvalue weighted by molar-refractivity contribution is -0.196. The van der Waals surface area contributed by atoms with Gasteiger partial charge in [-0.15, -0.1) is 0 Å². The van der Waals surface area contributed by atoms with Gasteiger partial charge in [0.1, 0.15) is 0 Å². The quantitative estimate of drug-likeness (QED) is 0.756. The second kappa shape index (κ2) is 5.25. The summed E-state index contributed by atoms with van der Waals surface area (Å²) >= 11 is 0. The van der Waals surface area contributed by atoms with Crippen LogP contribution in [0.25, 0.3) is 0 Å². The Morgan fingerprint density at radius 3 is 2.00 bits per heavy atom. The second-order valence-electron chi connectivity index (χ2n) is 4.82. The number of rotatable bonds is 3. The van der Waals surface area contributed by atoms with Crippen molar-refractivity contribution in [3.05, 3.63) is 0 Å². The Balaban J connectivity index is 2.76. The number of nitrogens with two attached hydrogens (primary N) is 1. The summed E-state index contributed by atoms with van der Waals surface area (Å²) in [6.07, 6.45) is 0.534. The topological polar surface area (TPSA) is 55.1 Å². The molecule has 1 aliphatic rings. The van der Waals surface area contributed by atoms with E-state index in [1.807, 2.05) is 0 Å². The van der Waals surface area contributed by atoms with E-state index in [-0.39, 0.29) is 6.04 Å².